The van der Waals surface area contributed by atoms with Crippen LogP contribution in [-0.4, -0.2) is 50.1 Å². The van der Waals surface area contributed by atoms with Crippen LogP contribution in [0.3, 0.4) is 0 Å². The molecule has 1 fully saturated rings. The lowest BCUT2D eigenvalue weighted by Gasteiger charge is -2.39. The molecule has 0 N–H and O–H groups in total. The Morgan fingerprint density at radius 1 is 1.12 bits per heavy atom. The number of ether oxygens (including phenoxy) is 1. The zero-order valence-electron chi connectivity index (χ0n) is 16.9. The number of para-hydroxylation sites is 1. The van der Waals surface area contributed by atoms with Crippen molar-refractivity contribution >= 4 is 5.91 Å². The van der Waals surface area contributed by atoms with Gasteiger partial charge >= 0.3 is 0 Å². The first-order chi connectivity index (χ1) is 15.7. The molecule has 4 aromatic rings. The van der Waals surface area contributed by atoms with Gasteiger partial charge in [-0.2, -0.15) is 4.98 Å². The number of carbonyl (C=O) groups is 1. The minimum absolute atomic E-state index is 0.0309. The van der Waals surface area contributed by atoms with Crippen molar-refractivity contribution in [1.29, 1.82) is 0 Å². The number of amides is 1. The van der Waals surface area contributed by atoms with E-state index < -0.39 is 0 Å². The number of halogens is 1. The second-order valence-corrected chi connectivity index (χ2v) is 7.32. The molecule has 1 aliphatic rings. The van der Waals surface area contributed by atoms with Crippen molar-refractivity contribution in [3.8, 4) is 28.7 Å². The molecular weight excluding hydrogens is 413 g/mol. The second-order valence-electron chi connectivity index (χ2n) is 7.32. The highest BCUT2D eigenvalue weighted by Gasteiger charge is 2.33. The van der Waals surface area contributed by atoms with Gasteiger partial charge in [0.25, 0.3) is 5.89 Å². The standard InChI is InChI=1S/C23H18FN5O3/c24-18-7-3-1-5-15(18)11-21(30)29-13-16(14-29)31-20-8-4-2-6-17(20)23-27-22(28-32-23)19-12-25-9-10-26-19/h1-10,12,16H,11,13-14H2. The van der Waals surface area contributed by atoms with E-state index in [4.69, 9.17) is 9.26 Å². The SMILES string of the molecule is O=C(Cc1ccccc1F)N1CC(Oc2ccccc2-c2nc(-c3cnccn3)no2)C1. The van der Waals surface area contributed by atoms with Crippen LogP contribution in [-0.2, 0) is 11.2 Å². The van der Waals surface area contributed by atoms with Crippen molar-refractivity contribution < 1.29 is 18.4 Å². The van der Waals surface area contributed by atoms with Gasteiger partial charge in [-0.05, 0) is 23.8 Å². The van der Waals surface area contributed by atoms with E-state index in [1.54, 1.807) is 41.7 Å². The summed E-state index contributed by atoms with van der Waals surface area (Å²) in [6.07, 6.45) is 4.53. The van der Waals surface area contributed by atoms with E-state index in [0.717, 1.165) is 0 Å². The molecule has 0 saturated carbocycles. The molecule has 0 bridgehead atoms. The van der Waals surface area contributed by atoms with Crippen molar-refractivity contribution in [3.63, 3.8) is 0 Å². The van der Waals surface area contributed by atoms with Gasteiger partial charge in [0.1, 0.15) is 23.4 Å². The predicted octanol–water partition coefficient (Wildman–Crippen LogP) is 3.17. The summed E-state index contributed by atoms with van der Waals surface area (Å²) in [4.78, 5) is 26.7. The fraction of sp³-hybridized carbons (Fsp3) is 0.174. The van der Waals surface area contributed by atoms with Crippen molar-refractivity contribution in [2.24, 2.45) is 0 Å². The van der Waals surface area contributed by atoms with Crippen LogP contribution < -0.4 is 4.74 Å². The van der Waals surface area contributed by atoms with Crippen LogP contribution in [0.5, 0.6) is 5.75 Å². The molecule has 0 spiro atoms. The highest BCUT2D eigenvalue weighted by molar-refractivity contribution is 5.79. The number of hydrogen-bond donors (Lipinski definition) is 0. The maximum absolute atomic E-state index is 13.8. The lowest BCUT2D eigenvalue weighted by atomic mass is 10.1. The summed E-state index contributed by atoms with van der Waals surface area (Å²) < 4.78 is 25.3. The summed E-state index contributed by atoms with van der Waals surface area (Å²) in [5.41, 5.74) is 1.54. The Morgan fingerprint density at radius 2 is 1.94 bits per heavy atom. The summed E-state index contributed by atoms with van der Waals surface area (Å²) >= 11 is 0. The van der Waals surface area contributed by atoms with Gasteiger partial charge in [0.15, 0.2) is 0 Å². The number of likely N-dealkylation sites (tertiary alicyclic amines) is 1. The van der Waals surface area contributed by atoms with Crippen LogP contribution in [0.25, 0.3) is 23.0 Å². The summed E-state index contributed by atoms with van der Waals surface area (Å²) in [6.45, 7) is 0.854. The predicted molar refractivity (Wildman–Crippen MR) is 112 cm³/mol. The quantitative estimate of drug-likeness (QED) is 0.463. The number of aromatic nitrogens is 4. The van der Waals surface area contributed by atoms with Gasteiger partial charge in [0.2, 0.25) is 11.7 Å². The maximum atomic E-state index is 13.8. The van der Waals surface area contributed by atoms with Crippen LogP contribution in [0, 0.1) is 5.82 Å². The molecule has 32 heavy (non-hydrogen) atoms. The minimum atomic E-state index is -0.372. The molecule has 160 valence electrons. The third-order valence-corrected chi connectivity index (χ3v) is 5.13. The highest BCUT2D eigenvalue weighted by atomic mass is 19.1. The summed E-state index contributed by atoms with van der Waals surface area (Å²) in [7, 11) is 0. The zero-order valence-corrected chi connectivity index (χ0v) is 16.9. The molecule has 9 heteroatoms. The van der Waals surface area contributed by atoms with Crippen LogP contribution in [0.4, 0.5) is 4.39 Å². The molecular formula is C23H18FN5O3. The Labute approximate surface area is 182 Å². The van der Waals surface area contributed by atoms with Crippen LogP contribution >= 0.6 is 0 Å². The molecule has 3 heterocycles. The summed E-state index contributed by atoms with van der Waals surface area (Å²) in [5, 5.41) is 3.97. The fourth-order valence-electron chi connectivity index (χ4n) is 3.41. The highest BCUT2D eigenvalue weighted by Crippen LogP contribution is 2.31. The zero-order chi connectivity index (χ0) is 21.9. The smallest absolute Gasteiger partial charge is 0.262 e. The topological polar surface area (TPSA) is 94.2 Å². The molecule has 5 rings (SSSR count). The number of nitrogens with zero attached hydrogens (tertiary/aromatic N) is 5. The van der Waals surface area contributed by atoms with E-state index in [1.807, 2.05) is 24.3 Å². The van der Waals surface area contributed by atoms with E-state index in [1.165, 1.54) is 6.07 Å². The Morgan fingerprint density at radius 3 is 2.75 bits per heavy atom. The average molecular weight is 431 g/mol. The number of carbonyl (C=O) groups excluding carboxylic acids is 1. The van der Waals surface area contributed by atoms with Crippen LogP contribution in [0.2, 0.25) is 0 Å². The van der Waals surface area contributed by atoms with Gasteiger partial charge in [-0.15, -0.1) is 0 Å². The van der Waals surface area contributed by atoms with E-state index in [9.17, 15) is 9.18 Å². The van der Waals surface area contributed by atoms with E-state index in [0.29, 0.717) is 47.4 Å². The summed E-state index contributed by atoms with van der Waals surface area (Å²) in [5.74, 6) is 0.704. The Hall–Kier alpha value is -4.14. The molecule has 0 radical (unpaired) electrons. The van der Waals surface area contributed by atoms with Crippen molar-refractivity contribution in [3.05, 3.63) is 78.5 Å². The van der Waals surface area contributed by atoms with E-state index in [2.05, 4.69) is 20.1 Å². The van der Waals surface area contributed by atoms with Gasteiger partial charge in [-0.25, -0.2) is 9.37 Å². The molecule has 0 aliphatic carbocycles. The molecule has 0 unspecified atom stereocenters. The number of benzene rings is 2. The van der Waals surface area contributed by atoms with E-state index in [-0.39, 0.29) is 24.2 Å². The first-order valence-corrected chi connectivity index (χ1v) is 10.0. The molecule has 8 nitrogen and oxygen atoms in total. The van der Waals surface area contributed by atoms with Crippen LogP contribution in [0.15, 0.2) is 71.6 Å². The lowest BCUT2D eigenvalue weighted by molar-refractivity contribution is -0.139. The minimum Gasteiger partial charge on any atom is -0.486 e. The first-order valence-electron chi connectivity index (χ1n) is 10.0. The molecule has 1 amide bonds. The monoisotopic (exact) mass is 431 g/mol. The largest absolute Gasteiger partial charge is 0.486 e. The Balaban J connectivity index is 1.24. The van der Waals surface area contributed by atoms with Crippen LogP contribution in [0.1, 0.15) is 5.56 Å². The molecule has 1 saturated heterocycles. The van der Waals surface area contributed by atoms with E-state index >= 15 is 0 Å². The van der Waals surface area contributed by atoms with Gasteiger partial charge in [-0.3, -0.25) is 9.78 Å². The normalized spacial score (nSPS) is 13.6. The number of rotatable bonds is 6. The Bertz CT molecular complexity index is 1240. The van der Waals surface area contributed by atoms with Crippen molar-refractivity contribution in [1.82, 2.24) is 25.0 Å². The lowest BCUT2D eigenvalue weighted by Crippen LogP contribution is -2.56. The Kier molecular flexibility index (Phi) is 5.29. The third kappa shape index (κ3) is 4.04. The third-order valence-electron chi connectivity index (χ3n) is 5.13. The molecule has 2 aromatic heterocycles. The summed E-state index contributed by atoms with van der Waals surface area (Å²) in [6, 6.07) is 13.6. The van der Waals surface area contributed by atoms with Gasteiger partial charge in [0, 0.05) is 12.4 Å². The second kappa shape index (κ2) is 8.54. The van der Waals surface area contributed by atoms with Gasteiger partial charge < -0.3 is 14.2 Å². The molecule has 1 aliphatic heterocycles. The molecule has 2 aromatic carbocycles. The van der Waals surface area contributed by atoms with Crippen molar-refractivity contribution in [2.45, 2.75) is 12.5 Å². The molecule has 0 atom stereocenters. The van der Waals surface area contributed by atoms with Crippen molar-refractivity contribution in [2.75, 3.05) is 13.1 Å². The maximum Gasteiger partial charge on any atom is 0.262 e. The van der Waals surface area contributed by atoms with Gasteiger partial charge in [-0.1, -0.05) is 35.5 Å². The number of hydrogen-bond acceptors (Lipinski definition) is 7. The fourth-order valence-corrected chi connectivity index (χ4v) is 3.41. The first kappa shape index (κ1) is 19.8. The average Bonchev–Trinajstić information content (AvgIpc) is 3.28. The van der Waals surface area contributed by atoms with Gasteiger partial charge in [0.05, 0.1) is 31.3 Å².